The first-order chi connectivity index (χ1) is 10.9. The van der Waals surface area contributed by atoms with Crippen LogP contribution in [0.5, 0.6) is 0 Å². The Labute approximate surface area is 139 Å². The number of benzene rings is 1. The van der Waals surface area contributed by atoms with E-state index in [0.29, 0.717) is 5.56 Å². The van der Waals surface area contributed by atoms with Gasteiger partial charge in [0.2, 0.25) is 0 Å². The minimum absolute atomic E-state index is 0.168. The van der Waals surface area contributed by atoms with Gasteiger partial charge in [0, 0.05) is 16.0 Å². The highest BCUT2D eigenvalue weighted by atomic mass is 32.1. The van der Waals surface area contributed by atoms with Crippen molar-refractivity contribution in [2.75, 3.05) is 6.54 Å². The molecule has 0 aliphatic heterocycles. The van der Waals surface area contributed by atoms with Crippen LogP contribution in [-0.4, -0.2) is 22.5 Å². The summed E-state index contributed by atoms with van der Waals surface area (Å²) in [7, 11) is 0. The van der Waals surface area contributed by atoms with Gasteiger partial charge in [-0.05, 0) is 43.8 Å². The SMILES string of the molecule is Cc1[nH]c2c(C(=O)NCC(C)(O)c3cccs3)cccc2c1C. The zero-order chi connectivity index (χ0) is 16.6. The number of nitrogens with one attached hydrogen (secondary N) is 2. The van der Waals surface area contributed by atoms with E-state index in [4.69, 9.17) is 0 Å². The highest BCUT2D eigenvalue weighted by molar-refractivity contribution is 7.10. The van der Waals surface area contributed by atoms with Crippen molar-refractivity contribution >= 4 is 28.1 Å². The average molecular weight is 328 g/mol. The Balaban J connectivity index is 1.83. The van der Waals surface area contributed by atoms with E-state index < -0.39 is 5.60 Å². The fourth-order valence-electron chi connectivity index (χ4n) is 2.69. The number of fused-ring (bicyclic) bond motifs is 1. The molecule has 2 aromatic heterocycles. The number of carbonyl (C=O) groups excluding carboxylic acids is 1. The van der Waals surface area contributed by atoms with Crippen LogP contribution in [-0.2, 0) is 5.60 Å². The molecular weight excluding hydrogens is 308 g/mol. The molecule has 4 nitrogen and oxygen atoms in total. The number of hydrogen-bond acceptors (Lipinski definition) is 3. The quantitative estimate of drug-likeness (QED) is 0.686. The summed E-state index contributed by atoms with van der Waals surface area (Å²) in [4.78, 5) is 16.7. The van der Waals surface area contributed by atoms with Crippen LogP contribution < -0.4 is 5.32 Å². The Morgan fingerprint density at radius 3 is 2.78 bits per heavy atom. The van der Waals surface area contributed by atoms with Gasteiger partial charge in [0.25, 0.3) is 5.91 Å². The first-order valence-electron chi connectivity index (χ1n) is 7.52. The molecule has 120 valence electrons. The summed E-state index contributed by atoms with van der Waals surface area (Å²) in [6, 6.07) is 9.45. The highest BCUT2D eigenvalue weighted by Crippen LogP contribution is 2.26. The smallest absolute Gasteiger partial charge is 0.253 e. The summed E-state index contributed by atoms with van der Waals surface area (Å²) in [6.45, 7) is 5.92. The molecular formula is C18H20N2O2S. The van der Waals surface area contributed by atoms with E-state index in [9.17, 15) is 9.90 Å². The van der Waals surface area contributed by atoms with E-state index in [1.165, 1.54) is 11.3 Å². The first-order valence-corrected chi connectivity index (χ1v) is 8.40. The summed E-state index contributed by atoms with van der Waals surface area (Å²) in [6.07, 6.45) is 0. The molecule has 2 heterocycles. The third-order valence-electron chi connectivity index (χ3n) is 4.23. The van der Waals surface area contributed by atoms with Gasteiger partial charge < -0.3 is 15.4 Å². The summed E-state index contributed by atoms with van der Waals surface area (Å²) in [5, 5.41) is 16.3. The van der Waals surface area contributed by atoms with E-state index in [0.717, 1.165) is 27.0 Å². The maximum Gasteiger partial charge on any atom is 0.253 e. The van der Waals surface area contributed by atoms with Crippen LogP contribution in [0.3, 0.4) is 0 Å². The minimum atomic E-state index is -1.07. The normalized spacial score (nSPS) is 13.9. The van der Waals surface area contributed by atoms with Crippen molar-refractivity contribution in [3.63, 3.8) is 0 Å². The predicted octanol–water partition coefficient (Wildman–Crippen LogP) is 3.48. The zero-order valence-electron chi connectivity index (χ0n) is 13.4. The van der Waals surface area contributed by atoms with Crippen molar-refractivity contribution in [2.24, 2.45) is 0 Å². The number of para-hydroxylation sites is 1. The van der Waals surface area contributed by atoms with Crippen molar-refractivity contribution in [3.8, 4) is 0 Å². The molecule has 0 bridgehead atoms. The van der Waals surface area contributed by atoms with Gasteiger partial charge in [-0.15, -0.1) is 11.3 Å². The molecule has 0 radical (unpaired) electrons. The van der Waals surface area contributed by atoms with Crippen molar-refractivity contribution in [1.82, 2.24) is 10.3 Å². The third kappa shape index (κ3) is 2.90. The fourth-order valence-corrected chi connectivity index (χ4v) is 3.48. The summed E-state index contributed by atoms with van der Waals surface area (Å²) >= 11 is 1.48. The molecule has 3 rings (SSSR count). The molecule has 0 spiro atoms. The molecule has 3 N–H and O–H groups in total. The van der Waals surface area contributed by atoms with Crippen LogP contribution in [0, 0.1) is 13.8 Å². The molecule has 0 fully saturated rings. The third-order valence-corrected chi connectivity index (χ3v) is 5.36. The van der Waals surface area contributed by atoms with Gasteiger partial charge in [-0.2, -0.15) is 0 Å². The second-order valence-corrected chi connectivity index (χ2v) is 6.98. The molecule has 0 aliphatic carbocycles. The minimum Gasteiger partial charge on any atom is -0.383 e. The van der Waals surface area contributed by atoms with E-state index in [1.807, 2.05) is 43.5 Å². The van der Waals surface area contributed by atoms with Gasteiger partial charge >= 0.3 is 0 Å². The van der Waals surface area contributed by atoms with Gasteiger partial charge in [0.1, 0.15) is 5.60 Å². The lowest BCUT2D eigenvalue weighted by Crippen LogP contribution is -2.38. The number of aliphatic hydroxyl groups is 1. The summed E-state index contributed by atoms with van der Waals surface area (Å²) in [5.41, 5.74) is 2.58. The molecule has 0 saturated heterocycles. The number of hydrogen-bond donors (Lipinski definition) is 3. The Morgan fingerprint density at radius 2 is 2.09 bits per heavy atom. The van der Waals surface area contributed by atoms with Crippen molar-refractivity contribution in [3.05, 3.63) is 57.4 Å². The Kier molecular flexibility index (Phi) is 4.00. The standard InChI is InChI=1S/C18H20N2O2S/c1-11-12(2)20-16-13(11)6-4-7-14(16)17(21)19-10-18(3,22)15-8-5-9-23-15/h4-9,20,22H,10H2,1-3H3,(H,19,21). The van der Waals surface area contributed by atoms with Gasteiger partial charge in [-0.1, -0.05) is 18.2 Å². The van der Waals surface area contributed by atoms with Crippen LogP contribution in [0.1, 0.15) is 33.4 Å². The molecule has 1 aromatic carbocycles. The fraction of sp³-hybridized carbons (Fsp3) is 0.278. The van der Waals surface area contributed by atoms with E-state index in [2.05, 4.69) is 10.3 Å². The van der Waals surface area contributed by atoms with Crippen molar-refractivity contribution in [1.29, 1.82) is 0 Å². The molecule has 5 heteroatoms. The molecule has 1 amide bonds. The zero-order valence-corrected chi connectivity index (χ0v) is 14.3. The number of carbonyl (C=O) groups is 1. The predicted molar refractivity (Wildman–Crippen MR) is 94.0 cm³/mol. The lowest BCUT2D eigenvalue weighted by Gasteiger charge is -2.22. The number of rotatable bonds is 4. The second-order valence-electron chi connectivity index (χ2n) is 6.04. The van der Waals surface area contributed by atoms with E-state index in [-0.39, 0.29) is 12.5 Å². The number of aromatic nitrogens is 1. The van der Waals surface area contributed by atoms with Crippen LogP contribution in [0.4, 0.5) is 0 Å². The number of amides is 1. The molecule has 0 aliphatic rings. The average Bonchev–Trinajstić information content (AvgIpc) is 3.15. The number of H-pyrrole nitrogens is 1. The molecule has 0 saturated carbocycles. The Hall–Kier alpha value is -2.11. The molecule has 23 heavy (non-hydrogen) atoms. The number of aromatic amines is 1. The van der Waals surface area contributed by atoms with Crippen LogP contribution >= 0.6 is 11.3 Å². The molecule has 1 unspecified atom stereocenters. The van der Waals surface area contributed by atoms with Gasteiger partial charge in [0.05, 0.1) is 17.6 Å². The molecule has 1 atom stereocenters. The lowest BCUT2D eigenvalue weighted by atomic mass is 10.0. The van der Waals surface area contributed by atoms with Gasteiger partial charge in [0.15, 0.2) is 0 Å². The largest absolute Gasteiger partial charge is 0.383 e. The van der Waals surface area contributed by atoms with Gasteiger partial charge in [-0.3, -0.25) is 4.79 Å². The summed E-state index contributed by atoms with van der Waals surface area (Å²) in [5.74, 6) is -0.186. The van der Waals surface area contributed by atoms with Crippen LogP contribution in [0.25, 0.3) is 10.9 Å². The Bertz CT molecular complexity index is 847. The monoisotopic (exact) mass is 328 g/mol. The highest BCUT2D eigenvalue weighted by Gasteiger charge is 2.25. The van der Waals surface area contributed by atoms with Crippen LogP contribution in [0.2, 0.25) is 0 Å². The summed E-state index contributed by atoms with van der Waals surface area (Å²) < 4.78 is 0. The number of aryl methyl sites for hydroxylation is 2. The van der Waals surface area contributed by atoms with Gasteiger partial charge in [-0.25, -0.2) is 0 Å². The topological polar surface area (TPSA) is 65.1 Å². The molecule has 3 aromatic rings. The number of thiophene rings is 1. The lowest BCUT2D eigenvalue weighted by molar-refractivity contribution is 0.0557. The maximum absolute atomic E-state index is 12.6. The Morgan fingerprint density at radius 1 is 1.30 bits per heavy atom. The first kappa shape index (κ1) is 15.8. The van der Waals surface area contributed by atoms with E-state index >= 15 is 0 Å². The van der Waals surface area contributed by atoms with Crippen molar-refractivity contribution < 1.29 is 9.90 Å². The van der Waals surface area contributed by atoms with Crippen LogP contribution in [0.15, 0.2) is 35.7 Å². The van der Waals surface area contributed by atoms with E-state index in [1.54, 1.807) is 13.0 Å². The second kappa shape index (κ2) is 5.83. The maximum atomic E-state index is 12.6. The van der Waals surface area contributed by atoms with Crippen molar-refractivity contribution in [2.45, 2.75) is 26.4 Å².